The van der Waals surface area contributed by atoms with Gasteiger partial charge in [-0.15, -0.1) is 0 Å². The molecule has 164 valence electrons. The Balaban J connectivity index is 1.21. The van der Waals surface area contributed by atoms with Gasteiger partial charge >= 0.3 is 5.97 Å². The SMILES string of the molecule is COc1ccc(C=CC(=O)OCCCN(C)C23CC4CC(CC(C4)C2)C3)cc1OC. The van der Waals surface area contributed by atoms with Crippen molar-refractivity contribution in [1.82, 2.24) is 4.90 Å². The second kappa shape index (κ2) is 9.01. The zero-order valence-electron chi connectivity index (χ0n) is 18.6. The summed E-state index contributed by atoms with van der Waals surface area (Å²) >= 11 is 0. The highest BCUT2D eigenvalue weighted by Crippen LogP contribution is 2.57. The third-order valence-electron chi connectivity index (χ3n) is 7.52. The van der Waals surface area contributed by atoms with Crippen LogP contribution in [0.4, 0.5) is 0 Å². The summed E-state index contributed by atoms with van der Waals surface area (Å²) in [6.07, 6.45) is 12.6. The first-order chi connectivity index (χ1) is 14.5. The number of benzene rings is 1. The van der Waals surface area contributed by atoms with Crippen LogP contribution < -0.4 is 9.47 Å². The predicted molar refractivity (Wildman–Crippen MR) is 118 cm³/mol. The summed E-state index contributed by atoms with van der Waals surface area (Å²) in [7, 11) is 5.48. The number of carbonyl (C=O) groups is 1. The third kappa shape index (κ3) is 4.51. The van der Waals surface area contributed by atoms with Crippen molar-refractivity contribution in [2.24, 2.45) is 17.8 Å². The van der Waals surface area contributed by atoms with Gasteiger partial charge in [0.05, 0.1) is 20.8 Å². The van der Waals surface area contributed by atoms with Gasteiger partial charge in [-0.25, -0.2) is 4.79 Å². The molecule has 4 bridgehead atoms. The summed E-state index contributed by atoms with van der Waals surface area (Å²) in [6, 6.07) is 5.54. The van der Waals surface area contributed by atoms with Crippen molar-refractivity contribution in [3.05, 3.63) is 29.8 Å². The maximum absolute atomic E-state index is 12.1. The van der Waals surface area contributed by atoms with Gasteiger partial charge in [-0.2, -0.15) is 0 Å². The molecule has 4 fully saturated rings. The first kappa shape index (κ1) is 21.2. The smallest absolute Gasteiger partial charge is 0.330 e. The van der Waals surface area contributed by atoms with Crippen molar-refractivity contribution >= 4 is 12.0 Å². The highest BCUT2D eigenvalue weighted by atomic mass is 16.5. The first-order valence-corrected chi connectivity index (χ1v) is 11.3. The zero-order valence-corrected chi connectivity index (χ0v) is 18.6. The molecule has 0 radical (unpaired) electrons. The van der Waals surface area contributed by atoms with Crippen LogP contribution in [0.5, 0.6) is 11.5 Å². The predicted octanol–water partition coefficient (Wildman–Crippen LogP) is 4.55. The molecule has 0 aromatic heterocycles. The molecule has 0 heterocycles. The molecule has 5 heteroatoms. The van der Waals surface area contributed by atoms with Gasteiger partial charge in [0.1, 0.15) is 0 Å². The molecule has 0 aliphatic heterocycles. The molecule has 30 heavy (non-hydrogen) atoms. The minimum atomic E-state index is -0.303. The molecule has 0 spiro atoms. The maximum atomic E-state index is 12.1. The Hall–Kier alpha value is -2.01. The van der Waals surface area contributed by atoms with Gasteiger partial charge in [0.2, 0.25) is 0 Å². The van der Waals surface area contributed by atoms with Gasteiger partial charge in [-0.3, -0.25) is 0 Å². The summed E-state index contributed by atoms with van der Waals surface area (Å²) in [5.74, 6) is 3.87. The highest BCUT2D eigenvalue weighted by molar-refractivity contribution is 5.87. The van der Waals surface area contributed by atoms with Crippen LogP contribution >= 0.6 is 0 Å². The number of rotatable bonds is 9. The van der Waals surface area contributed by atoms with E-state index in [0.29, 0.717) is 23.6 Å². The number of esters is 1. The topological polar surface area (TPSA) is 48.0 Å². The van der Waals surface area contributed by atoms with Gasteiger partial charge < -0.3 is 19.1 Å². The average molecular weight is 414 g/mol. The van der Waals surface area contributed by atoms with Crippen LogP contribution in [0.15, 0.2) is 24.3 Å². The molecule has 0 atom stereocenters. The Morgan fingerprint density at radius 2 is 1.70 bits per heavy atom. The number of nitrogens with zero attached hydrogens (tertiary/aromatic N) is 1. The summed E-state index contributed by atoms with van der Waals surface area (Å²) in [5.41, 5.74) is 1.29. The van der Waals surface area contributed by atoms with Crippen LogP contribution in [0.25, 0.3) is 6.08 Å². The Labute approximate surface area is 180 Å². The van der Waals surface area contributed by atoms with Gasteiger partial charge in [0, 0.05) is 18.2 Å². The Kier molecular flexibility index (Phi) is 6.37. The van der Waals surface area contributed by atoms with Crippen molar-refractivity contribution in [1.29, 1.82) is 0 Å². The lowest BCUT2D eigenvalue weighted by Gasteiger charge is -2.60. The van der Waals surface area contributed by atoms with Crippen LogP contribution in [0.2, 0.25) is 0 Å². The van der Waals surface area contributed by atoms with E-state index in [4.69, 9.17) is 14.2 Å². The van der Waals surface area contributed by atoms with Crippen LogP contribution in [-0.2, 0) is 9.53 Å². The first-order valence-electron chi connectivity index (χ1n) is 11.3. The van der Waals surface area contributed by atoms with E-state index in [-0.39, 0.29) is 5.97 Å². The van der Waals surface area contributed by atoms with E-state index in [1.165, 1.54) is 44.6 Å². The van der Waals surface area contributed by atoms with E-state index in [2.05, 4.69) is 11.9 Å². The Morgan fingerprint density at radius 1 is 1.07 bits per heavy atom. The van der Waals surface area contributed by atoms with E-state index < -0.39 is 0 Å². The van der Waals surface area contributed by atoms with Crippen molar-refractivity contribution in [3.63, 3.8) is 0 Å². The van der Waals surface area contributed by atoms with Crippen molar-refractivity contribution in [2.45, 2.75) is 50.5 Å². The monoisotopic (exact) mass is 413 g/mol. The van der Waals surface area contributed by atoms with Crippen molar-refractivity contribution in [2.75, 3.05) is 34.4 Å². The fraction of sp³-hybridized carbons (Fsp3) is 0.640. The molecule has 4 aliphatic rings. The lowest BCUT2D eigenvalue weighted by Crippen LogP contribution is -2.59. The molecular weight excluding hydrogens is 378 g/mol. The fourth-order valence-corrected chi connectivity index (χ4v) is 6.41. The lowest BCUT2D eigenvalue weighted by atomic mass is 9.52. The quantitative estimate of drug-likeness (QED) is 0.338. The number of hydrogen-bond acceptors (Lipinski definition) is 5. The minimum absolute atomic E-state index is 0.303. The Morgan fingerprint density at radius 3 is 2.30 bits per heavy atom. The molecule has 4 saturated carbocycles. The van der Waals surface area contributed by atoms with Gasteiger partial charge in [0.25, 0.3) is 0 Å². The van der Waals surface area contributed by atoms with Crippen LogP contribution in [0.1, 0.15) is 50.5 Å². The summed E-state index contributed by atoms with van der Waals surface area (Å²) in [6.45, 7) is 1.46. The van der Waals surface area contributed by atoms with E-state index in [1.54, 1.807) is 20.3 Å². The van der Waals surface area contributed by atoms with E-state index in [1.807, 2.05) is 18.2 Å². The zero-order chi connectivity index (χ0) is 21.1. The van der Waals surface area contributed by atoms with Crippen LogP contribution in [0.3, 0.4) is 0 Å². The van der Waals surface area contributed by atoms with Crippen molar-refractivity contribution in [3.8, 4) is 11.5 Å². The second-order valence-corrected chi connectivity index (χ2v) is 9.53. The molecule has 1 aromatic rings. The van der Waals surface area contributed by atoms with Crippen LogP contribution in [0, 0.1) is 17.8 Å². The molecule has 0 amide bonds. The van der Waals surface area contributed by atoms with Gasteiger partial charge in [-0.1, -0.05) is 6.07 Å². The molecule has 5 rings (SSSR count). The minimum Gasteiger partial charge on any atom is -0.493 e. The third-order valence-corrected chi connectivity index (χ3v) is 7.52. The van der Waals surface area contributed by atoms with E-state index in [9.17, 15) is 4.79 Å². The summed E-state index contributed by atoms with van der Waals surface area (Å²) in [4.78, 5) is 14.7. The number of methoxy groups -OCH3 is 2. The standard InChI is InChI=1S/C25H35NO4/c1-26(25-15-19-11-20(16-25)13-21(12-19)17-25)9-4-10-30-24(27)8-6-18-5-7-22(28-2)23(14-18)29-3/h5-8,14,19-21H,4,9-13,15-17H2,1-3H3. The molecule has 1 aromatic carbocycles. The maximum Gasteiger partial charge on any atom is 0.330 e. The van der Waals surface area contributed by atoms with Gasteiger partial charge in [0.15, 0.2) is 11.5 Å². The fourth-order valence-electron chi connectivity index (χ4n) is 6.41. The summed E-state index contributed by atoms with van der Waals surface area (Å²) < 4.78 is 16.0. The Bertz CT molecular complexity index is 752. The molecular formula is C25H35NO4. The summed E-state index contributed by atoms with van der Waals surface area (Å²) in [5, 5.41) is 0. The van der Waals surface area contributed by atoms with Crippen molar-refractivity contribution < 1.29 is 19.0 Å². The molecule has 0 unspecified atom stereocenters. The number of hydrogen-bond donors (Lipinski definition) is 0. The van der Waals surface area contributed by atoms with Gasteiger partial charge in [-0.05, 0) is 93.5 Å². The largest absolute Gasteiger partial charge is 0.493 e. The normalized spacial score (nSPS) is 29.5. The van der Waals surface area contributed by atoms with E-state index in [0.717, 1.165) is 36.3 Å². The molecule has 0 saturated heterocycles. The van der Waals surface area contributed by atoms with Crippen LogP contribution in [-0.4, -0.2) is 50.8 Å². The second-order valence-electron chi connectivity index (χ2n) is 9.53. The highest BCUT2D eigenvalue weighted by Gasteiger charge is 2.52. The molecule has 5 nitrogen and oxygen atoms in total. The number of carbonyl (C=O) groups excluding carboxylic acids is 1. The average Bonchev–Trinajstić information content (AvgIpc) is 2.73. The van der Waals surface area contributed by atoms with E-state index >= 15 is 0 Å². The molecule has 0 N–H and O–H groups in total. The number of ether oxygens (including phenoxy) is 3. The molecule has 4 aliphatic carbocycles. The lowest BCUT2D eigenvalue weighted by molar-refractivity contribution is -0.138.